The minimum atomic E-state index is -1.45. The second kappa shape index (κ2) is 3.83. The summed E-state index contributed by atoms with van der Waals surface area (Å²) >= 11 is 0. The van der Waals surface area contributed by atoms with Gasteiger partial charge in [0.15, 0.2) is 5.41 Å². The maximum Gasteiger partial charge on any atom is 0.323 e. The van der Waals surface area contributed by atoms with Gasteiger partial charge in [0.25, 0.3) is 0 Å². The summed E-state index contributed by atoms with van der Waals surface area (Å²) in [6, 6.07) is 0. The summed E-state index contributed by atoms with van der Waals surface area (Å²) in [7, 11) is 0. The Morgan fingerprint density at radius 2 is 1.73 bits per heavy atom. The number of carboxylic acid groups (broad SMARTS) is 1. The molecule has 0 aromatic carbocycles. The highest BCUT2D eigenvalue weighted by Gasteiger charge is 2.42. The molecule has 0 heterocycles. The Labute approximate surface area is 89.6 Å². The molecule has 0 aliphatic heterocycles. The lowest BCUT2D eigenvalue weighted by atomic mass is 9.93. The average molecular weight is 214 g/mol. The summed E-state index contributed by atoms with van der Waals surface area (Å²) in [6.07, 6.45) is 3.73. The summed E-state index contributed by atoms with van der Waals surface area (Å²) in [4.78, 5) is 22.5. The van der Waals surface area contributed by atoms with Crippen molar-refractivity contribution in [2.45, 2.75) is 52.1 Å². The molecule has 1 saturated carbocycles. The highest BCUT2D eigenvalue weighted by molar-refractivity contribution is 5.98. The van der Waals surface area contributed by atoms with Crippen molar-refractivity contribution in [3.05, 3.63) is 0 Å². The molecule has 0 bridgehead atoms. The number of hydrogen-bond donors (Lipinski definition) is 1. The maximum absolute atomic E-state index is 11.7. The number of carbonyl (C=O) groups is 2. The predicted octanol–water partition coefficient (Wildman–Crippen LogP) is 1.97. The molecule has 1 aliphatic carbocycles. The van der Waals surface area contributed by atoms with Crippen LogP contribution >= 0.6 is 0 Å². The van der Waals surface area contributed by atoms with Gasteiger partial charge in [-0.05, 0) is 46.5 Å². The highest BCUT2D eigenvalue weighted by Crippen LogP contribution is 2.34. The van der Waals surface area contributed by atoms with Gasteiger partial charge >= 0.3 is 11.9 Å². The molecule has 86 valence electrons. The van der Waals surface area contributed by atoms with Crippen LogP contribution in [0.25, 0.3) is 0 Å². The molecule has 0 saturated heterocycles. The summed E-state index contributed by atoms with van der Waals surface area (Å²) in [5.41, 5.74) is -1.91. The van der Waals surface area contributed by atoms with E-state index in [9.17, 15) is 9.59 Å². The topological polar surface area (TPSA) is 63.6 Å². The molecule has 1 aliphatic rings. The normalized spacial score (nSPS) is 19.9. The molecule has 0 unspecified atom stereocenters. The third kappa shape index (κ3) is 2.49. The Hall–Kier alpha value is -1.06. The van der Waals surface area contributed by atoms with Crippen LogP contribution in [0.3, 0.4) is 0 Å². The van der Waals surface area contributed by atoms with E-state index < -0.39 is 23.0 Å². The molecule has 15 heavy (non-hydrogen) atoms. The Morgan fingerprint density at radius 1 is 1.27 bits per heavy atom. The van der Waals surface area contributed by atoms with Gasteiger partial charge in [0.2, 0.25) is 0 Å². The molecule has 1 N–H and O–H groups in total. The Morgan fingerprint density at radius 3 is 2.13 bits per heavy atom. The zero-order chi connectivity index (χ0) is 11.7. The second-order valence-corrected chi connectivity index (χ2v) is 4.98. The van der Waals surface area contributed by atoms with E-state index in [1.54, 1.807) is 0 Å². The summed E-state index contributed by atoms with van der Waals surface area (Å²) < 4.78 is 5.31. The van der Waals surface area contributed by atoms with Crippen LogP contribution in [-0.4, -0.2) is 22.6 Å². The van der Waals surface area contributed by atoms with Gasteiger partial charge in [0.1, 0.15) is 5.60 Å². The van der Waals surface area contributed by atoms with Crippen molar-refractivity contribution in [1.29, 1.82) is 0 Å². The first-order valence-electron chi connectivity index (χ1n) is 5.25. The van der Waals surface area contributed by atoms with Crippen molar-refractivity contribution in [1.82, 2.24) is 0 Å². The predicted molar refractivity (Wildman–Crippen MR) is 54.4 cm³/mol. The van der Waals surface area contributed by atoms with Crippen molar-refractivity contribution in [3.63, 3.8) is 0 Å². The highest BCUT2D eigenvalue weighted by atomic mass is 16.6. The number of esters is 1. The van der Waals surface area contributed by atoms with E-state index in [-0.39, 0.29) is 0 Å². The molecule has 1 rings (SSSR count). The minimum Gasteiger partial charge on any atom is -0.480 e. The quantitative estimate of drug-likeness (QED) is 0.576. The zero-order valence-corrected chi connectivity index (χ0v) is 9.50. The van der Waals surface area contributed by atoms with Crippen molar-refractivity contribution in [2.75, 3.05) is 0 Å². The van der Waals surface area contributed by atoms with Crippen LogP contribution in [0.4, 0.5) is 0 Å². The van der Waals surface area contributed by atoms with Crippen molar-refractivity contribution >= 4 is 11.9 Å². The summed E-state index contributed by atoms with van der Waals surface area (Å²) in [5.74, 6) is -1.78. The molecule has 4 heteroatoms. The number of hydrogen-bond acceptors (Lipinski definition) is 3. The van der Waals surface area contributed by atoms with Crippen molar-refractivity contribution in [3.8, 4) is 0 Å². The van der Waals surface area contributed by atoms with Crippen LogP contribution in [0.1, 0.15) is 46.5 Å². The van der Waals surface area contributed by atoms with E-state index in [4.69, 9.17) is 9.84 Å². The van der Waals surface area contributed by atoms with E-state index in [1.165, 1.54) is 13.8 Å². The standard InChI is InChI=1S/C11H18O4/c1-10(2,8(12)13)9(14)15-11(3)6-4-5-7-11/h4-7H2,1-3H3,(H,12,13). The van der Waals surface area contributed by atoms with Gasteiger partial charge in [-0.15, -0.1) is 0 Å². The molecular weight excluding hydrogens is 196 g/mol. The van der Waals surface area contributed by atoms with Gasteiger partial charge in [0, 0.05) is 0 Å². The Bertz CT molecular complexity index is 274. The van der Waals surface area contributed by atoms with Crippen LogP contribution in [0.5, 0.6) is 0 Å². The van der Waals surface area contributed by atoms with Crippen molar-refractivity contribution in [2.24, 2.45) is 5.41 Å². The van der Waals surface area contributed by atoms with Crippen LogP contribution in [-0.2, 0) is 14.3 Å². The molecule has 0 atom stereocenters. The largest absolute Gasteiger partial charge is 0.480 e. The van der Waals surface area contributed by atoms with Gasteiger partial charge in [-0.2, -0.15) is 0 Å². The van der Waals surface area contributed by atoms with Crippen LogP contribution in [0, 0.1) is 5.41 Å². The van der Waals surface area contributed by atoms with Gasteiger partial charge in [-0.3, -0.25) is 9.59 Å². The van der Waals surface area contributed by atoms with Crippen LogP contribution in [0.15, 0.2) is 0 Å². The molecule has 4 nitrogen and oxygen atoms in total. The number of aliphatic carboxylic acids is 1. The molecule has 0 radical (unpaired) electrons. The first-order chi connectivity index (χ1) is 6.78. The van der Waals surface area contributed by atoms with E-state index in [0.717, 1.165) is 25.7 Å². The number of rotatable bonds is 3. The lowest BCUT2D eigenvalue weighted by Gasteiger charge is -2.28. The molecule has 0 aromatic heterocycles. The van der Waals surface area contributed by atoms with E-state index >= 15 is 0 Å². The molecule has 1 fully saturated rings. The fraction of sp³-hybridized carbons (Fsp3) is 0.818. The molecule has 0 aromatic rings. The number of carboxylic acids is 1. The van der Waals surface area contributed by atoms with E-state index in [2.05, 4.69) is 0 Å². The molecule has 0 amide bonds. The third-order valence-electron chi connectivity index (χ3n) is 3.05. The molecular formula is C11H18O4. The van der Waals surface area contributed by atoms with Gasteiger partial charge in [-0.25, -0.2) is 0 Å². The molecule has 0 spiro atoms. The fourth-order valence-corrected chi connectivity index (χ4v) is 1.66. The average Bonchev–Trinajstić information content (AvgIpc) is 2.51. The Kier molecular flexibility index (Phi) is 3.07. The number of ether oxygens (including phenoxy) is 1. The first kappa shape index (κ1) is 12.0. The second-order valence-electron chi connectivity index (χ2n) is 4.98. The SMILES string of the molecule is CC1(OC(=O)C(C)(C)C(=O)O)CCCC1. The van der Waals surface area contributed by atoms with Gasteiger partial charge in [-0.1, -0.05) is 0 Å². The minimum absolute atomic E-state index is 0.455. The maximum atomic E-state index is 11.7. The zero-order valence-electron chi connectivity index (χ0n) is 9.50. The monoisotopic (exact) mass is 214 g/mol. The third-order valence-corrected chi connectivity index (χ3v) is 3.05. The van der Waals surface area contributed by atoms with Gasteiger partial charge < -0.3 is 9.84 Å². The van der Waals surface area contributed by atoms with Crippen LogP contribution < -0.4 is 0 Å². The summed E-state index contributed by atoms with van der Waals surface area (Å²) in [5, 5.41) is 8.87. The lowest BCUT2D eigenvalue weighted by Crippen LogP contribution is -2.40. The lowest BCUT2D eigenvalue weighted by molar-refractivity contribution is -0.176. The fourth-order valence-electron chi connectivity index (χ4n) is 1.66. The van der Waals surface area contributed by atoms with Crippen molar-refractivity contribution < 1.29 is 19.4 Å². The summed E-state index contributed by atoms with van der Waals surface area (Å²) in [6.45, 7) is 4.61. The smallest absolute Gasteiger partial charge is 0.323 e. The van der Waals surface area contributed by atoms with E-state index in [1.807, 2.05) is 6.92 Å². The van der Waals surface area contributed by atoms with Gasteiger partial charge in [0.05, 0.1) is 0 Å². The first-order valence-corrected chi connectivity index (χ1v) is 5.25. The number of carbonyl (C=O) groups excluding carboxylic acids is 1. The Balaban J connectivity index is 2.66. The van der Waals surface area contributed by atoms with E-state index in [0.29, 0.717) is 0 Å². The van der Waals surface area contributed by atoms with Crippen LogP contribution in [0.2, 0.25) is 0 Å².